The second kappa shape index (κ2) is 4.31. The quantitative estimate of drug-likeness (QED) is 0.724. The standard InChI is InChI=1S/C8H9ClN2O4/c1-4(7(13)15-2)11-3-5(9)6(12)10-8(11)14/h3-4H,1-2H3,(H,10,12,14). The molecule has 0 aliphatic heterocycles. The maximum absolute atomic E-state index is 11.3. The highest BCUT2D eigenvalue weighted by molar-refractivity contribution is 6.30. The van der Waals surface area contributed by atoms with Gasteiger partial charge in [-0.1, -0.05) is 11.6 Å². The Balaban J connectivity index is 3.27. The highest BCUT2D eigenvalue weighted by atomic mass is 35.5. The molecule has 1 N–H and O–H groups in total. The molecule has 1 atom stereocenters. The van der Waals surface area contributed by atoms with Crippen LogP contribution < -0.4 is 11.2 Å². The van der Waals surface area contributed by atoms with E-state index in [2.05, 4.69) is 4.74 Å². The van der Waals surface area contributed by atoms with Crippen molar-refractivity contribution in [3.8, 4) is 0 Å². The number of hydrogen-bond acceptors (Lipinski definition) is 4. The lowest BCUT2D eigenvalue weighted by molar-refractivity contribution is -0.144. The van der Waals surface area contributed by atoms with Crippen LogP contribution in [0, 0.1) is 0 Å². The normalized spacial score (nSPS) is 12.2. The molecular formula is C8H9ClN2O4. The molecule has 0 radical (unpaired) electrons. The van der Waals surface area contributed by atoms with Crippen molar-refractivity contribution in [2.75, 3.05) is 7.11 Å². The van der Waals surface area contributed by atoms with Crippen molar-refractivity contribution in [2.24, 2.45) is 0 Å². The van der Waals surface area contributed by atoms with Crippen LogP contribution in [0.4, 0.5) is 0 Å². The van der Waals surface area contributed by atoms with Crippen LogP contribution in [0.1, 0.15) is 13.0 Å². The number of methoxy groups -OCH3 is 1. The van der Waals surface area contributed by atoms with Gasteiger partial charge in [0.15, 0.2) is 0 Å². The van der Waals surface area contributed by atoms with E-state index >= 15 is 0 Å². The average Bonchev–Trinajstić information content (AvgIpc) is 2.21. The number of esters is 1. The summed E-state index contributed by atoms with van der Waals surface area (Å²) in [5, 5.41) is -0.162. The van der Waals surface area contributed by atoms with Crippen molar-refractivity contribution in [1.29, 1.82) is 0 Å². The second-order valence-corrected chi connectivity index (χ2v) is 3.25. The Bertz CT molecular complexity index is 490. The highest BCUT2D eigenvalue weighted by Crippen LogP contribution is 2.05. The summed E-state index contributed by atoms with van der Waals surface area (Å²) < 4.78 is 5.45. The molecule has 1 unspecified atom stereocenters. The smallest absolute Gasteiger partial charge is 0.329 e. The molecule has 0 aromatic carbocycles. The molecule has 1 heterocycles. The highest BCUT2D eigenvalue weighted by Gasteiger charge is 2.17. The van der Waals surface area contributed by atoms with Crippen LogP contribution in [0.3, 0.4) is 0 Å². The topological polar surface area (TPSA) is 81.2 Å². The Morgan fingerprint density at radius 1 is 1.60 bits per heavy atom. The van der Waals surface area contributed by atoms with Gasteiger partial charge in [-0.15, -0.1) is 0 Å². The lowest BCUT2D eigenvalue weighted by Crippen LogP contribution is -2.34. The fraction of sp³-hybridized carbons (Fsp3) is 0.375. The van der Waals surface area contributed by atoms with E-state index in [-0.39, 0.29) is 5.02 Å². The van der Waals surface area contributed by atoms with Crippen LogP contribution in [0.15, 0.2) is 15.8 Å². The number of halogens is 1. The molecule has 0 aliphatic rings. The van der Waals surface area contributed by atoms with E-state index in [4.69, 9.17) is 11.6 Å². The molecule has 0 amide bonds. The number of ether oxygens (including phenoxy) is 1. The first-order chi connectivity index (χ1) is 6.97. The summed E-state index contributed by atoms with van der Waals surface area (Å²) in [6, 6.07) is -0.836. The number of nitrogens with one attached hydrogen (secondary N) is 1. The SMILES string of the molecule is COC(=O)C(C)n1cc(Cl)c(=O)[nH]c1=O. The second-order valence-electron chi connectivity index (χ2n) is 2.84. The summed E-state index contributed by atoms with van der Waals surface area (Å²) in [4.78, 5) is 35.4. The lowest BCUT2D eigenvalue weighted by atomic mass is 10.3. The summed E-state index contributed by atoms with van der Waals surface area (Å²) in [7, 11) is 1.21. The lowest BCUT2D eigenvalue weighted by Gasteiger charge is -2.11. The Morgan fingerprint density at radius 3 is 2.73 bits per heavy atom. The maximum atomic E-state index is 11.3. The van der Waals surface area contributed by atoms with Crippen molar-refractivity contribution in [3.05, 3.63) is 32.1 Å². The zero-order valence-electron chi connectivity index (χ0n) is 8.11. The van der Waals surface area contributed by atoms with E-state index in [1.807, 2.05) is 4.98 Å². The van der Waals surface area contributed by atoms with Gasteiger partial charge in [-0.25, -0.2) is 9.59 Å². The van der Waals surface area contributed by atoms with Gasteiger partial charge >= 0.3 is 11.7 Å². The Morgan fingerprint density at radius 2 is 2.20 bits per heavy atom. The van der Waals surface area contributed by atoms with Gasteiger partial charge in [-0.05, 0) is 6.92 Å². The molecule has 1 aromatic rings. The number of nitrogens with zero attached hydrogens (tertiary/aromatic N) is 1. The minimum Gasteiger partial charge on any atom is -0.467 e. The summed E-state index contributed by atoms with van der Waals surface area (Å²) in [6.45, 7) is 1.46. The number of H-pyrrole nitrogens is 1. The minimum absolute atomic E-state index is 0.162. The van der Waals surface area contributed by atoms with E-state index in [0.29, 0.717) is 0 Å². The third-order valence-electron chi connectivity index (χ3n) is 1.88. The van der Waals surface area contributed by atoms with Crippen LogP contribution in [-0.2, 0) is 9.53 Å². The van der Waals surface area contributed by atoms with Crippen LogP contribution in [0.25, 0.3) is 0 Å². The van der Waals surface area contributed by atoms with E-state index in [9.17, 15) is 14.4 Å². The third-order valence-corrected chi connectivity index (χ3v) is 2.15. The van der Waals surface area contributed by atoms with Gasteiger partial charge < -0.3 is 4.74 Å². The predicted molar refractivity (Wildman–Crippen MR) is 53.1 cm³/mol. The van der Waals surface area contributed by atoms with Crippen LogP contribution in [0.2, 0.25) is 5.02 Å². The zero-order chi connectivity index (χ0) is 11.6. The van der Waals surface area contributed by atoms with Gasteiger partial charge in [0.05, 0.1) is 7.11 Å². The molecule has 0 aliphatic carbocycles. The Labute approximate surface area is 89.4 Å². The molecule has 0 fully saturated rings. The van der Waals surface area contributed by atoms with E-state index in [0.717, 1.165) is 10.8 Å². The molecule has 82 valence electrons. The van der Waals surface area contributed by atoms with Crippen molar-refractivity contribution in [2.45, 2.75) is 13.0 Å². The number of aromatic nitrogens is 2. The predicted octanol–water partition coefficient (Wildman–Crippen LogP) is -0.0760. The molecular weight excluding hydrogens is 224 g/mol. The summed E-state index contributed by atoms with van der Waals surface area (Å²) >= 11 is 5.52. The number of hydrogen-bond donors (Lipinski definition) is 1. The molecule has 6 nitrogen and oxygen atoms in total. The van der Waals surface area contributed by atoms with E-state index in [1.54, 1.807) is 0 Å². The van der Waals surface area contributed by atoms with E-state index < -0.39 is 23.3 Å². The minimum atomic E-state index is -0.836. The molecule has 0 saturated heterocycles. The molecule has 0 spiro atoms. The molecule has 1 aromatic heterocycles. The van der Waals surface area contributed by atoms with Crippen molar-refractivity contribution in [1.82, 2.24) is 9.55 Å². The summed E-state index contributed by atoms with van der Waals surface area (Å²) in [5.41, 5.74) is -1.39. The van der Waals surface area contributed by atoms with E-state index in [1.165, 1.54) is 14.0 Å². The largest absolute Gasteiger partial charge is 0.467 e. The monoisotopic (exact) mass is 232 g/mol. The fourth-order valence-electron chi connectivity index (χ4n) is 1.03. The number of aromatic amines is 1. The van der Waals surface area contributed by atoms with Gasteiger partial charge in [-0.2, -0.15) is 0 Å². The molecule has 1 rings (SSSR count). The summed E-state index contributed by atoms with van der Waals surface area (Å²) in [5.74, 6) is -0.597. The van der Waals surface area contributed by atoms with Gasteiger partial charge in [0, 0.05) is 6.20 Å². The average molecular weight is 233 g/mol. The molecule has 7 heteroatoms. The zero-order valence-corrected chi connectivity index (χ0v) is 8.87. The maximum Gasteiger partial charge on any atom is 0.329 e. The Hall–Kier alpha value is -1.56. The van der Waals surface area contributed by atoms with Crippen molar-refractivity contribution < 1.29 is 9.53 Å². The third kappa shape index (κ3) is 2.27. The van der Waals surface area contributed by atoms with Gasteiger partial charge in [0.25, 0.3) is 5.56 Å². The van der Waals surface area contributed by atoms with Gasteiger partial charge in [-0.3, -0.25) is 14.3 Å². The van der Waals surface area contributed by atoms with Crippen molar-refractivity contribution >= 4 is 17.6 Å². The Kier molecular flexibility index (Phi) is 3.31. The first kappa shape index (κ1) is 11.5. The number of rotatable bonds is 2. The molecule has 0 saturated carbocycles. The van der Waals surface area contributed by atoms with Crippen LogP contribution in [-0.4, -0.2) is 22.6 Å². The first-order valence-corrected chi connectivity index (χ1v) is 4.44. The van der Waals surface area contributed by atoms with Crippen LogP contribution >= 0.6 is 11.6 Å². The van der Waals surface area contributed by atoms with Gasteiger partial charge in [0.1, 0.15) is 11.1 Å². The molecule has 0 bridgehead atoms. The van der Waals surface area contributed by atoms with Crippen molar-refractivity contribution in [3.63, 3.8) is 0 Å². The number of carbonyl (C=O) groups excluding carboxylic acids is 1. The number of carbonyl (C=O) groups is 1. The first-order valence-electron chi connectivity index (χ1n) is 4.06. The van der Waals surface area contributed by atoms with Gasteiger partial charge in [0.2, 0.25) is 0 Å². The molecule has 15 heavy (non-hydrogen) atoms. The van der Waals surface area contributed by atoms with Crippen LogP contribution in [0.5, 0.6) is 0 Å². The fourth-order valence-corrected chi connectivity index (χ4v) is 1.18. The summed E-state index contributed by atoms with van der Waals surface area (Å²) in [6.07, 6.45) is 1.10.